The molecule has 0 radical (unpaired) electrons. The van der Waals surface area contributed by atoms with Gasteiger partial charge in [-0.1, -0.05) is 36.8 Å². The molecule has 156 valence electrons. The molecule has 1 aromatic heterocycles. The largest absolute Gasteiger partial charge is 0.452 e. The number of hydrogen-bond donors (Lipinski definition) is 1. The highest BCUT2D eigenvalue weighted by Gasteiger charge is 2.23. The Labute approximate surface area is 172 Å². The number of hydrogen-bond acceptors (Lipinski definition) is 4. The molecule has 0 spiro atoms. The Balaban J connectivity index is 1.57. The van der Waals surface area contributed by atoms with Gasteiger partial charge in [-0.05, 0) is 57.9 Å². The Morgan fingerprint density at radius 3 is 2.41 bits per heavy atom. The number of ether oxygens (including phenoxy) is 1. The van der Waals surface area contributed by atoms with Gasteiger partial charge in [-0.15, -0.1) is 0 Å². The van der Waals surface area contributed by atoms with Crippen LogP contribution in [-0.4, -0.2) is 34.3 Å². The van der Waals surface area contributed by atoms with Gasteiger partial charge in [0.05, 0.1) is 17.9 Å². The lowest BCUT2D eigenvalue weighted by Gasteiger charge is -2.26. The second-order valence-corrected chi connectivity index (χ2v) is 8.29. The maximum absolute atomic E-state index is 12.6. The van der Waals surface area contributed by atoms with Gasteiger partial charge in [0.25, 0.3) is 5.91 Å². The van der Waals surface area contributed by atoms with E-state index in [2.05, 4.69) is 41.6 Å². The van der Waals surface area contributed by atoms with Gasteiger partial charge in [0.15, 0.2) is 6.61 Å². The summed E-state index contributed by atoms with van der Waals surface area (Å²) in [5.74, 6) is -0.00814. The molecule has 1 aromatic carbocycles. The van der Waals surface area contributed by atoms with Crippen LogP contribution in [0.2, 0.25) is 0 Å². The second-order valence-electron chi connectivity index (χ2n) is 8.29. The average molecular weight is 398 g/mol. The van der Waals surface area contributed by atoms with E-state index in [-0.39, 0.29) is 18.6 Å². The highest BCUT2D eigenvalue weighted by molar-refractivity contribution is 5.93. The van der Waals surface area contributed by atoms with Crippen molar-refractivity contribution < 1.29 is 14.3 Å². The summed E-state index contributed by atoms with van der Waals surface area (Å²) in [5, 5.41) is 7.47. The molecule has 0 bridgehead atoms. The predicted octanol–water partition coefficient (Wildman–Crippen LogP) is 3.71. The molecule has 6 nitrogen and oxygen atoms in total. The lowest BCUT2D eigenvalue weighted by Crippen LogP contribution is -2.39. The quantitative estimate of drug-likeness (QED) is 0.754. The Kier molecular flexibility index (Phi) is 6.72. The van der Waals surface area contributed by atoms with Crippen molar-refractivity contribution in [1.29, 1.82) is 0 Å². The number of carbonyl (C=O) groups is 2. The molecule has 0 unspecified atom stereocenters. The summed E-state index contributed by atoms with van der Waals surface area (Å²) < 4.78 is 7.09. The zero-order chi connectivity index (χ0) is 21.0. The lowest BCUT2D eigenvalue weighted by atomic mass is 9.87. The normalized spacial score (nSPS) is 19.0. The van der Waals surface area contributed by atoms with E-state index in [1.807, 2.05) is 13.8 Å². The van der Waals surface area contributed by atoms with Gasteiger partial charge in [0, 0.05) is 6.04 Å². The first-order valence-corrected chi connectivity index (χ1v) is 10.4. The van der Waals surface area contributed by atoms with E-state index in [4.69, 9.17) is 4.74 Å². The van der Waals surface area contributed by atoms with Gasteiger partial charge in [-0.25, -0.2) is 4.79 Å². The highest BCUT2D eigenvalue weighted by atomic mass is 16.5. The molecule has 1 N–H and O–H groups in total. The Bertz CT molecular complexity index is 862. The highest BCUT2D eigenvalue weighted by Crippen LogP contribution is 2.23. The van der Waals surface area contributed by atoms with Gasteiger partial charge < -0.3 is 10.1 Å². The molecule has 0 saturated heterocycles. The number of esters is 1. The van der Waals surface area contributed by atoms with Crippen molar-refractivity contribution in [3.63, 3.8) is 0 Å². The van der Waals surface area contributed by atoms with E-state index in [1.54, 1.807) is 11.6 Å². The number of benzene rings is 1. The SMILES string of the molecule is Cc1ccc(Cn2nc(C)c(C(=O)OCC(=O)NC3CCC(C)CC3)c2C)cc1. The molecule has 3 rings (SSSR count). The van der Waals surface area contributed by atoms with Gasteiger partial charge in [-0.2, -0.15) is 5.10 Å². The first kappa shape index (κ1) is 21.1. The van der Waals surface area contributed by atoms with Crippen LogP contribution in [0.4, 0.5) is 0 Å². The van der Waals surface area contributed by atoms with Crippen molar-refractivity contribution in [3.8, 4) is 0 Å². The molecular weight excluding hydrogens is 366 g/mol. The summed E-state index contributed by atoms with van der Waals surface area (Å²) in [6.07, 6.45) is 4.24. The van der Waals surface area contributed by atoms with Crippen molar-refractivity contribution in [2.24, 2.45) is 5.92 Å². The predicted molar refractivity (Wildman–Crippen MR) is 112 cm³/mol. The van der Waals surface area contributed by atoms with Crippen LogP contribution in [0, 0.1) is 26.7 Å². The third kappa shape index (κ3) is 5.46. The average Bonchev–Trinajstić information content (AvgIpc) is 2.97. The summed E-state index contributed by atoms with van der Waals surface area (Å²) in [6, 6.07) is 8.42. The minimum Gasteiger partial charge on any atom is -0.452 e. The number of amides is 1. The molecule has 1 amide bonds. The molecule has 1 heterocycles. The first-order chi connectivity index (χ1) is 13.8. The summed E-state index contributed by atoms with van der Waals surface area (Å²) in [7, 11) is 0. The third-order valence-electron chi connectivity index (χ3n) is 5.75. The topological polar surface area (TPSA) is 73.2 Å². The van der Waals surface area contributed by atoms with E-state index in [1.165, 1.54) is 5.56 Å². The van der Waals surface area contributed by atoms with Crippen LogP contribution < -0.4 is 5.32 Å². The minimum atomic E-state index is -0.498. The number of nitrogens with one attached hydrogen (secondary N) is 1. The smallest absolute Gasteiger partial charge is 0.342 e. The van der Waals surface area contributed by atoms with Crippen LogP contribution >= 0.6 is 0 Å². The Morgan fingerprint density at radius 1 is 1.10 bits per heavy atom. The molecule has 2 aromatic rings. The number of rotatable bonds is 6. The molecule has 0 aliphatic heterocycles. The van der Waals surface area contributed by atoms with Crippen LogP contribution in [0.5, 0.6) is 0 Å². The van der Waals surface area contributed by atoms with Crippen LogP contribution in [0.15, 0.2) is 24.3 Å². The summed E-state index contributed by atoms with van der Waals surface area (Å²) >= 11 is 0. The standard InChI is InChI=1S/C23H31N3O3/c1-15-5-9-19(10-6-15)13-26-18(4)22(17(3)25-26)23(28)29-14-21(27)24-20-11-7-16(2)8-12-20/h5-6,9-10,16,20H,7-8,11-14H2,1-4H3,(H,24,27). The summed E-state index contributed by atoms with van der Waals surface area (Å²) in [6.45, 7) is 8.26. The maximum Gasteiger partial charge on any atom is 0.342 e. The van der Waals surface area contributed by atoms with E-state index in [0.717, 1.165) is 42.9 Å². The number of carbonyl (C=O) groups excluding carboxylic acids is 2. The van der Waals surface area contributed by atoms with Crippen molar-refractivity contribution in [2.45, 2.75) is 66.0 Å². The molecule has 1 aliphatic carbocycles. The summed E-state index contributed by atoms with van der Waals surface area (Å²) in [5.41, 5.74) is 4.11. The number of aromatic nitrogens is 2. The fourth-order valence-electron chi connectivity index (χ4n) is 3.89. The van der Waals surface area contributed by atoms with E-state index in [0.29, 0.717) is 17.8 Å². The van der Waals surface area contributed by atoms with Gasteiger partial charge in [0.2, 0.25) is 0 Å². The van der Waals surface area contributed by atoms with Crippen LogP contribution in [-0.2, 0) is 16.1 Å². The van der Waals surface area contributed by atoms with E-state index < -0.39 is 5.97 Å². The second kappa shape index (κ2) is 9.25. The van der Waals surface area contributed by atoms with Gasteiger partial charge >= 0.3 is 5.97 Å². The van der Waals surface area contributed by atoms with Crippen molar-refractivity contribution in [1.82, 2.24) is 15.1 Å². The molecule has 1 aliphatic rings. The fourth-order valence-corrected chi connectivity index (χ4v) is 3.89. The van der Waals surface area contributed by atoms with Crippen molar-refractivity contribution >= 4 is 11.9 Å². The number of nitrogens with zero attached hydrogens (tertiary/aromatic N) is 2. The van der Waals surface area contributed by atoms with Crippen molar-refractivity contribution in [2.75, 3.05) is 6.61 Å². The zero-order valence-corrected chi connectivity index (χ0v) is 17.8. The third-order valence-corrected chi connectivity index (χ3v) is 5.75. The number of aryl methyl sites for hydroxylation is 2. The fraction of sp³-hybridized carbons (Fsp3) is 0.522. The summed E-state index contributed by atoms with van der Waals surface area (Å²) in [4.78, 5) is 24.7. The molecule has 1 saturated carbocycles. The van der Waals surface area contributed by atoms with Crippen LogP contribution in [0.1, 0.15) is 65.5 Å². The molecule has 29 heavy (non-hydrogen) atoms. The monoisotopic (exact) mass is 397 g/mol. The van der Waals surface area contributed by atoms with E-state index in [9.17, 15) is 9.59 Å². The van der Waals surface area contributed by atoms with Gasteiger partial charge in [-0.3, -0.25) is 9.48 Å². The molecule has 0 atom stereocenters. The maximum atomic E-state index is 12.6. The van der Waals surface area contributed by atoms with Crippen molar-refractivity contribution in [3.05, 3.63) is 52.3 Å². The molecular formula is C23H31N3O3. The molecule has 6 heteroatoms. The van der Waals surface area contributed by atoms with Gasteiger partial charge in [0.1, 0.15) is 5.56 Å². The zero-order valence-electron chi connectivity index (χ0n) is 17.8. The van der Waals surface area contributed by atoms with Crippen LogP contribution in [0.25, 0.3) is 0 Å². The minimum absolute atomic E-state index is 0.193. The molecule has 1 fully saturated rings. The van der Waals surface area contributed by atoms with Crippen LogP contribution in [0.3, 0.4) is 0 Å². The van der Waals surface area contributed by atoms with E-state index >= 15 is 0 Å². The first-order valence-electron chi connectivity index (χ1n) is 10.4. The Morgan fingerprint density at radius 2 is 1.76 bits per heavy atom. The Hall–Kier alpha value is -2.63. The lowest BCUT2D eigenvalue weighted by molar-refractivity contribution is -0.125.